The van der Waals surface area contributed by atoms with Gasteiger partial charge in [0.2, 0.25) is 0 Å². The van der Waals surface area contributed by atoms with Gasteiger partial charge in [-0.15, -0.1) is 0 Å². The molecule has 0 N–H and O–H groups in total. The van der Waals surface area contributed by atoms with Crippen molar-refractivity contribution in [3.05, 3.63) is 29.8 Å². The smallest absolute Gasteiger partial charge is 0.341 e. The monoisotopic (exact) mass is 212 g/mol. The highest BCUT2D eigenvalue weighted by Gasteiger charge is 2.12. The molecule has 0 aliphatic heterocycles. The molecule has 0 saturated heterocycles. The van der Waals surface area contributed by atoms with Crippen LogP contribution < -0.4 is 0 Å². The molecular formula is C9H9ClN2O2. The van der Waals surface area contributed by atoms with E-state index in [1.165, 1.54) is 12.3 Å². The number of aromatic nitrogens is 2. The van der Waals surface area contributed by atoms with Crippen molar-refractivity contribution in [2.45, 2.75) is 6.92 Å². The summed E-state index contributed by atoms with van der Waals surface area (Å²) in [4.78, 5) is 18.9. The zero-order valence-corrected chi connectivity index (χ0v) is 8.41. The number of hydrogen-bond acceptors (Lipinski definition) is 4. The molecule has 0 aliphatic carbocycles. The van der Waals surface area contributed by atoms with Crippen LogP contribution in [0, 0.1) is 0 Å². The van der Waals surface area contributed by atoms with Crippen molar-refractivity contribution in [1.29, 1.82) is 0 Å². The Balaban J connectivity index is 2.84. The van der Waals surface area contributed by atoms with Gasteiger partial charge in [0.15, 0.2) is 5.82 Å². The van der Waals surface area contributed by atoms with Crippen LogP contribution in [0.25, 0.3) is 5.57 Å². The highest BCUT2D eigenvalue weighted by Crippen LogP contribution is 2.11. The maximum atomic E-state index is 11.2. The molecule has 0 saturated carbocycles. The molecule has 14 heavy (non-hydrogen) atoms. The molecule has 1 aromatic heterocycles. The molecule has 4 nitrogen and oxygen atoms in total. The molecule has 0 unspecified atom stereocenters. The zero-order valence-electron chi connectivity index (χ0n) is 7.66. The number of esters is 1. The van der Waals surface area contributed by atoms with Crippen molar-refractivity contribution >= 4 is 23.1 Å². The molecule has 1 aromatic rings. The Morgan fingerprint density at radius 3 is 3.00 bits per heavy atom. The number of ether oxygens (including phenoxy) is 1. The quantitative estimate of drug-likeness (QED) is 0.435. The van der Waals surface area contributed by atoms with Crippen LogP contribution in [0.5, 0.6) is 0 Å². The summed E-state index contributed by atoms with van der Waals surface area (Å²) in [6, 6.07) is 1.52. The largest absolute Gasteiger partial charge is 0.462 e. The standard InChI is InChI=1S/C9H9ClN2O2/c1-3-14-9(13)6(2)8-11-5-4-7(10)12-8/h4-5H,2-3H2,1H3. The normalized spacial score (nSPS) is 9.57. The molecule has 0 spiro atoms. The fourth-order valence-corrected chi connectivity index (χ4v) is 0.928. The van der Waals surface area contributed by atoms with Gasteiger partial charge < -0.3 is 4.74 Å². The summed E-state index contributed by atoms with van der Waals surface area (Å²) in [6.45, 7) is 5.53. The predicted molar refractivity (Wildman–Crippen MR) is 52.7 cm³/mol. The van der Waals surface area contributed by atoms with Crippen molar-refractivity contribution in [2.75, 3.05) is 6.61 Å². The average Bonchev–Trinajstić information content (AvgIpc) is 2.17. The van der Waals surface area contributed by atoms with Crippen LogP contribution in [-0.4, -0.2) is 22.5 Å². The van der Waals surface area contributed by atoms with Crippen molar-refractivity contribution in [2.24, 2.45) is 0 Å². The minimum atomic E-state index is -0.533. The maximum absolute atomic E-state index is 11.2. The average molecular weight is 213 g/mol. The summed E-state index contributed by atoms with van der Waals surface area (Å²) in [5.41, 5.74) is 0.106. The van der Waals surface area contributed by atoms with E-state index in [-0.39, 0.29) is 16.6 Å². The third kappa shape index (κ3) is 2.53. The van der Waals surface area contributed by atoms with E-state index in [0.717, 1.165) is 0 Å². The van der Waals surface area contributed by atoms with Crippen molar-refractivity contribution in [1.82, 2.24) is 9.97 Å². The fourth-order valence-electron chi connectivity index (χ4n) is 0.792. The van der Waals surface area contributed by atoms with Crippen LogP contribution in [0.2, 0.25) is 5.15 Å². The van der Waals surface area contributed by atoms with Crippen LogP contribution in [0.1, 0.15) is 12.7 Å². The SMILES string of the molecule is C=C(C(=O)OCC)c1nccc(Cl)n1. The highest BCUT2D eigenvalue weighted by atomic mass is 35.5. The van der Waals surface area contributed by atoms with Gasteiger partial charge in [0.25, 0.3) is 0 Å². The number of hydrogen-bond donors (Lipinski definition) is 0. The number of halogens is 1. The van der Waals surface area contributed by atoms with Gasteiger partial charge in [0, 0.05) is 6.20 Å². The molecule has 0 fully saturated rings. The Bertz CT molecular complexity index is 366. The summed E-state index contributed by atoms with van der Waals surface area (Å²) >= 11 is 5.63. The lowest BCUT2D eigenvalue weighted by Crippen LogP contribution is -2.08. The van der Waals surface area contributed by atoms with Crippen LogP contribution in [-0.2, 0) is 9.53 Å². The second-order valence-corrected chi connectivity index (χ2v) is 2.79. The maximum Gasteiger partial charge on any atom is 0.341 e. The van der Waals surface area contributed by atoms with Crippen LogP contribution >= 0.6 is 11.6 Å². The second kappa shape index (κ2) is 4.72. The molecule has 0 radical (unpaired) electrons. The first kappa shape index (κ1) is 10.7. The van der Waals surface area contributed by atoms with E-state index < -0.39 is 5.97 Å². The topological polar surface area (TPSA) is 52.1 Å². The molecule has 0 amide bonds. The lowest BCUT2D eigenvalue weighted by atomic mass is 10.3. The lowest BCUT2D eigenvalue weighted by molar-refractivity contribution is -0.136. The lowest BCUT2D eigenvalue weighted by Gasteiger charge is -2.03. The van der Waals surface area contributed by atoms with E-state index in [1.807, 2.05) is 0 Å². The highest BCUT2D eigenvalue weighted by molar-refractivity contribution is 6.29. The summed E-state index contributed by atoms with van der Waals surface area (Å²) in [6.07, 6.45) is 1.45. The number of carbonyl (C=O) groups excluding carboxylic acids is 1. The first-order valence-corrected chi connectivity index (χ1v) is 4.38. The molecule has 0 aliphatic rings. The van der Waals surface area contributed by atoms with Crippen molar-refractivity contribution in [3.63, 3.8) is 0 Å². The Kier molecular flexibility index (Phi) is 3.59. The zero-order chi connectivity index (χ0) is 10.6. The van der Waals surface area contributed by atoms with Gasteiger partial charge in [-0.2, -0.15) is 0 Å². The van der Waals surface area contributed by atoms with E-state index in [0.29, 0.717) is 6.61 Å². The van der Waals surface area contributed by atoms with Crippen LogP contribution in [0.4, 0.5) is 0 Å². The molecule has 0 bridgehead atoms. The predicted octanol–water partition coefficient (Wildman–Crippen LogP) is 1.71. The van der Waals surface area contributed by atoms with Gasteiger partial charge in [-0.05, 0) is 13.0 Å². The second-order valence-electron chi connectivity index (χ2n) is 2.40. The molecule has 0 aromatic carbocycles. The van der Waals surface area contributed by atoms with Gasteiger partial charge in [-0.1, -0.05) is 18.2 Å². The summed E-state index contributed by atoms with van der Waals surface area (Å²) in [7, 11) is 0. The molecule has 1 rings (SSSR count). The molecule has 74 valence electrons. The molecule has 1 heterocycles. The first-order valence-electron chi connectivity index (χ1n) is 4.00. The van der Waals surface area contributed by atoms with Crippen LogP contribution in [0.3, 0.4) is 0 Å². The fraction of sp³-hybridized carbons (Fsp3) is 0.222. The Hall–Kier alpha value is -1.42. The third-order valence-electron chi connectivity index (χ3n) is 1.41. The van der Waals surface area contributed by atoms with Crippen molar-refractivity contribution in [3.8, 4) is 0 Å². The van der Waals surface area contributed by atoms with Gasteiger partial charge in [0.05, 0.1) is 12.2 Å². The van der Waals surface area contributed by atoms with E-state index in [9.17, 15) is 4.79 Å². The minimum absolute atomic E-state index is 0.106. The van der Waals surface area contributed by atoms with E-state index in [1.54, 1.807) is 6.92 Å². The van der Waals surface area contributed by atoms with Crippen LogP contribution in [0.15, 0.2) is 18.8 Å². The molecular weight excluding hydrogens is 204 g/mol. The Labute approximate surface area is 86.6 Å². The Morgan fingerprint density at radius 1 is 1.71 bits per heavy atom. The Morgan fingerprint density at radius 2 is 2.43 bits per heavy atom. The molecule has 0 atom stereocenters. The van der Waals surface area contributed by atoms with Gasteiger partial charge in [-0.3, -0.25) is 0 Å². The first-order chi connectivity index (χ1) is 6.65. The number of carbonyl (C=O) groups is 1. The van der Waals surface area contributed by atoms with E-state index in [2.05, 4.69) is 16.5 Å². The van der Waals surface area contributed by atoms with Gasteiger partial charge in [0.1, 0.15) is 5.15 Å². The van der Waals surface area contributed by atoms with Gasteiger partial charge >= 0.3 is 5.97 Å². The summed E-state index contributed by atoms with van der Waals surface area (Å²) < 4.78 is 4.74. The summed E-state index contributed by atoms with van der Waals surface area (Å²) in [5.74, 6) is -0.342. The summed E-state index contributed by atoms with van der Waals surface area (Å²) in [5, 5.41) is 0.264. The number of nitrogens with zero attached hydrogens (tertiary/aromatic N) is 2. The van der Waals surface area contributed by atoms with Crippen molar-refractivity contribution < 1.29 is 9.53 Å². The third-order valence-corrected chi connectivity index (χ3v) is 1.62. The van der Waals surface area contributed by atoms with E-state index >= 15 is 0 Å². The minimum Gasteiger partial charge on any atom is -0.462 e. The number of rotatable bonds is 3. The van der Waals surface area contributed by atoms with Gasteiger partial charge in [-0.25, -0.2) is 14.8 Å². The van der Waals surface area contributed by atoms with E-state index in [4.69, 9.17) is 16.3 Å². The molecule has 5 heteroatoms.